The van der Waals surface area contributed by atoms with Crippen molar-refractivity contribution in [1.29, 1.82) is 0 Å². The fourth-order valence-corrected chi connectivity index (χ4v) is 4.81. The maximum absolute atomic E-state index is 13.0. The molecule has 0 saturated carbocycles. The van der Waals surface area contributed by atoms with Crippen LogP contribution < -0.4 is 5.56 Å². The summed E-state index contributed by atoms with van der Waals surface area (Å²) in [6, 6.07) is 7.15. The largest absolute Gasteiger partial charge is 0.459 e. The van der Waals surface area contributed by atoms with Gasteiger partial charge in [-0.1, -0.05) is 6.92 Å². The lowest BCUT2D eigenvalue weighted by Crippen LogP contribution is -2.51. The van der Waals surface area contributed by atoms with Crippen molar-refractivity contribution < 1.29 is 14.0 Å². The summed E-state index contributed by atoms with van der Waals surface area (Å²) in [5.41, 5.74) is 1.23. The summed E-state index contributed by atoms with van der Waals surface area (Å²) in [6.07, 6.45) is 2.10. The summed E-state index contributed by atoms with van der Waals surface area (Å²) in [5, 5.41) is 6.47. The Morgan fingerprint density at radius 1 is 1.13 bits per heavy atom. The average molecular weight is 439 g/mol. The molecule has 1 saturated heterocycles. The van der Waals surface area contributed by atoms with Crippen LogP contribution in [0.4, 0.5) is 0 Å². The molecule has 0 N–H and O–H groups in total. The number of amides is 2. The van der Waals surface area contributed by atoms with E-state index in [4.69, 9.17) is 4.42 Å². The van der Waals surface area contributed by atoms with Crippen molar-refractivity contribution in [3.05, 3.63) is 57.8 Å². The molecule has 0 radical (unpaired) electrons. The van der Waals surface area contributed by atoms with E-state index >= 15 is 0 Å². The molecule has 160 valence electrons. The van der Waals surface area contributed by atoms with Crippen LogP contribution in [0.25, 0.3) is 15.7 Å². The van der Waals surface area contributed by atoms with Crippen molar-refractivity contribution in [1.82, 2.24) is 24.0 Å². The van der Waals surface area contributed by atoms with Crippen LogP contribution in [-0.4, -0.2) is 62.0 Å². The summed E-state index contributed by atoms with van der Waals surface area (Å²) >= 11 is 1.57. The molecule has 1 aliphatic heterocycles. The molecule has 4 aromatic heterocycles. The van der Waals surface area contributed by atoms with E-state index in [-0.39, 0.29) is 23.9 Å². The SMILES string of the molecule is CCc1nn(CC(=O)N2CCN(C(=O)c3ccco3)CC2)c(=O)c2cc3sccc3n12. The van der Waals surface area contributed by atoms with Crippen LogP contribution in [-0.2, 0) is 17.8 Å². The average Bonchev–Trinajstić information content (AvgIpc) is 3.53. The van der Waals surface area contributed by atoms with Crippen molar-refractivity contribution in [2.24, 2.45) is 0 Å². The number of thiophene rings is 1. The highest BCUT2D eigenvalue weighted by atomic mass is 32.1. The lowest BCUT2D eigenvalue weighted by atomic mass is 10.2. The first-order chi connectivity index (χ1) is 15.1. The number of aromatic nitrogens is 3. The van der Waals surface area contributed by atoms with Gasteiger partial charge in [0.05, 0.1) is 16.5 Å². The molecule has 31 heavy (non-hydrogen) atoms. The minimum absolute atomic E-state index is 0.118. The van der Waals surface area contributed by atoms with E-state index in [1.54, 1.807) is 33.3 Å². The molecule has 9 nitrogen and oxygen atoms in total. The summed E-state index contributed by atoms with van der Waals surface area (Å²) in [7, 11) is 0. The Kier molecular flexibility index (Phi) is 4.85. The predicted octanol–water partition coefficient (Wildman–Crippen LogP) is 1.85. The summed E-state index contributed by atoms with van der Waals surface area (Å²) < 4.78 is 9.34. The van der Waals surface area contributed by atoms with Gasteiger partial charge in [-0.15, -0.1) is 11.3 Å². The fourth-order valence-electron chi connectivity index (χ4n) is 4.00. The number of hydrogen-bond acceptors (Lipinski definition) is 6. The lowest BCUT2D eigenvalue weighted by molar-refractivity contribution is -0.133. The third-order valence-corrected chi connectivity index (χ3v) is 6.48. The first-order valence-corrected chi connectivity index (χ1v) is 11.0. The number of furan rings is 1. The van der Waals surface area contributed by atoms with Gasteiger partial charge in [0.2, 0.25) is 5.91 Å². The van der Waals surface area contributed by atoms with Gasteiger partial charge in [-0.05, 0) is 29.6 Å². The van der Waals surface area contributed by atoms with Gasteiger partial charge in [0.1, 0.15) is 17.9 Å². The smallest absolute Gasteiger partial charge is 0.291 e. The number of hydrogen-bond donors (Lipinski definition) is 0. The zero-order valence-corrected chi connectivity index (χ0v) is 17.8. The Bertz CT molecular complexity index is 1330. The molecule has 0 aliphatic carbocycles. The lowest BCUT2D eigenvalue weighted by Gasteiger charge is -2.34. The van der Waals surface area contributed by atoms with Crippen molar-refractivity contribution in [2.45, 2.75) is 19.9 Å². The van der Waals surface area contributed by atoms with Gasteiger partial charge in [-0.25, -0.2) is 4.68 Å². The van der Waals surface area contributed by atoms with E-state index in [0.29, 0.717) is 43.9 Å². The topological polar surface area (TPSA) is 93.1 Å². The summed E-state index contributed by atoms with van der Waals surface area (Å²) in [4.78, 5) is 41.6. The highest BCUT2D eigenvalue weighted by Gasteiger charge is 2.27. The molecule has 10 heteroatoms. The monoisotopic (exact) mass is 439 g/mol. The van der Waals surface area contributed by atoms with Crippen LogP contribution in [0.3, 0.4) is 0 Å². The van der Waals surface area contributed by atoms with E-state index in [1.165, 1.54) is 10.9 Å². The molecular weight excluding hydrogens is 418 g/mol. The van der Waals surface area contributed by atoms with E-state index in [0.717, 1.165) is 16.0 Å². The second-order valence-electron chi connectivity index (χ2n) is 7.42. The summed E-state index contributed by atoms with van der Waals surface area (Å²) in [5.74, 6) is 0.674. The zero-order valence-electron chi connectivity index (χ0n) is 17.0. The standard InChI is InChI=1S/C21H21N5O4S/c1-2-18-22-25(20(28)15-12-17-14(26(15)18)5-11-31-17)13-19(27)23-6-8-24(9-7-23)21(29)16-4-3-10-30-16/h3-5,10-12H,2,6-9,13H2,1H3. The molecular formula is C21H21N5O4S. The number of carbonyl (C=O) groups excluding carboxylic acids is 2. The van der Waals surface area contributed by atoms with E-state index in [1.807, 2.05) is 28.8 Å². The van der Waals surface area contributed by atoms with Gasteiger partial charge in [0, 0.05) is 32.6 Å². The molecule has 0 spiro atoms. The Balaban J connectivity index is 1.33. The minimum Gasteiger partial charge on any atom is -0.459 e. The van der Waals surface area contributed by atoms with Crippen molar-refractivity contribution in [3.8, 4) is 0 Å². The fraction of sp³-hybridized carbons (Fsp3) is 0.333. The van der Waals surface area contributed by atoms with E-state index < -0.39 is 0 Å². The molecule has 0 unspecified atom stereocenters. The first-order valence-electron chi connectivity index (χ1n) is 10.2. The molecule has 4 aromatic rings. The maximum Gasteiger partial charge on any atom is 0.291 e. The molecule has 0 aromatic carbocycles. The van der Waals surface area contributed by atoms with Crippen LogP contribution in [0.5, 0.6) is 0 Å². The first kappa shape index (κ1) is 19.6. The highest BCUT2D eigenvalue weighted by molar-refractivity contribution is 7.17. The van der Waals surface area contributed by atoms with Crippen molar-refractivity contribution in [2.75, 3.05) is 26.2 Å². The normalized spacial score (nSPS) is 14.6. The second-order valence-corrected chi connectivity index (χ2v) is 8.37. The number of rotatable bonds is 4. The Labute approximate surface area is 181 Å². The van der Waals surface area contributed by atoms with E-state index in [2.05, 4.69) is 5.10 Å². The molecule has 0 atom stereocenters. The third-order valence-electron chi connectivity index (χ3n) is 5.62. The van der Waals surface area contributed by atoms with Gasteiger partial charge in [0.25, 0.3) is 11.5 Å². The Morgan fingerprint density at radius 3 is 2.61 bits per heavy atom. The molecule has 0 bridgehead atoms. The molecule has 5 heterocycles. The Hall–Kier alpha value is -3.40. The van der Waals surface area contributed by atoms with Gasteiger partial charge >= 0.3 is 0 Å². The van der Waals surface area contributed by atoms with Gasteiger partial charge in [-0.2, -0.15) is 5.10 Å². The number of fused-ring (bicyclic) bond motifs is 3. The quantitative estimate of drug-likeness (QED) is 0.484. The number of nitrogens with zero attached hydrogens (tertiary/aromatic N) is 5. The molecule has 1 aliphatic rings. The van der Waals surface area contributed by atoms with Gasteiger partial charge in [0.15, 0.2) is 5.76 Å². The summed E-state index contributed by atoms with van der Waals surface area (Å²) in [6.45, 7) is 3.51. The molecule has 1 fully saturated rings. The van der Waals surface area contributed by atoms with Crippen LogP contribution in [0.2, 0.25) is 0 Å². The zero-order chi connectivity index (χ0) is 21.5. The van der Waals surface area contributed by atoms with Crippen LogP contribution in [0.15, 0.2) is 45.1 Å². The van der Waals surface area contributed by atoms with Crippen molar-refractivity contribution >= 4 is 38.9 Å². The number of aryl methyl sites for hydroxylation is 1. The number of carbonyl (C=O) groups is 2. The van der Waals surface area contributed by atoms with Gasteiger partial charge < -0.3 is 14.2 Å². The van der Waals surface area contributed by atoms with Gasteiger partial charge in [-0.3, -0.25) is 18.8 Å². The van der Waals surface area contributed by atoms with Crippen LogP contribution in [0.1, 0.15) is 23.3 Å². The molecule has 5 rings (SSSR count). The predicted molar refractivity (Wildman–Crippen MR) is 115 cm³/mol. The third kappa shape index (κ3) is 3.32. The van der Waals surface area contributed by atoms with Crippen LogP contribution >= 0.6 is 11.3 Å². The second kappa shape index (κ2) is 7.69. The Morgan fingerprint density at radius 2 is 1.90 bits per heavy atom. The molecule has 2 amide bonds. The van der Waals surface area contributed by atoms with E-state index in [9.17, 15) is 14.4 Å². The maximum atomic E-state index is 13.0. The van der Waals surface area contributed by atoms with Crippen molar-refractivity contribution in [3.63, 3.8) is 0 Å². The minimum atomic E-state index is -0.277. The number of piperazine rings is 1. The van der Waals surface area contributed by atoms with Crippen LogP contribution in [0, 0.1) is 0 Å². The highest BCUT2D eigenvalue weighted by Crippen LogP contribution is 2.24.